The number of rotatable bonds is 4. The summed E-state index contributed by atoms with van der Waals surface area (Å²) in [5.74, 6) is -0.00486. The number of nitrogens with one attached hydrogen (secondary N) is 1. The van der Waals surface area contributed by atoms with Crippen molar-refractivity contribution in [1.82, 2.24) is 5.32 Å². The smallest absolute Gasteiger partial charge is 0.251 e. The average Bonchev–Trinajstić information content (AvgIpc) is 2.22. The SMILES string of the molecule is Cc1ccc(Br)cc1C(=O)NCCCBr. The Kier molecular flexibility index (Phi) is 5.32. The van der Waals surface area contributed by atoms with E-state index in [1.54, 1.807) is 0 Å². The predicted octanol–water partition coefficient (Wildman–Crippen LogP) is 3.27. The Balaban J connectivity index is 2.68. The van der Waals surface area contributed by atoms with Crippen molar-refractivity contribution in [1.29, 1.82) is 0 Å². The van der Waals surface area contributed by atoms with Crippen molar-refractivity contribution in [2.75, 3.05) is 11.9 Å². The zero-order valence-corrected chi connectivity index (χ0v) is 11.7. The quantitative estimate of drug-likeness (QED) is 0.664. The molecule has 0 aliphatic heterocycles. The first-order chi connectivity index (χ1) is 7.15. The van der Waals surface area contributed by atoms with Crippen LogP contribution < -0.4 is 5.32 Å². The number of aryl methyl sites for hydroxylation is 1. The van der Waals surface area contributed by atoms with Crippen molar-refractivity contribution < 1.29 is 4.79 Å². The maximum atomic E-state index is 11.7. The average molecular weight is 335 g/mol. The van der Waals surface area contributed by atoms with E-state index in [4.69, 9.17) is 0 Å². The number of hydrogen-bond donors (Lipinski definition) is 1. The maximum absolute atomic E-state index is 11.7. The van der Waals surface area contributed by atoms with Crippen LogP contribution in [-0.2, 0) is 0 Å². The highest BCUT2D eigenvalue weighted by molar-refractivity contribution is 9.10. The molecule has 15 heavy (non-hydrogen) atoms. The van der Waals surface area contributed by atoms with E-state index >= 15 is 0 Å². The molecule has 1 rings (SSSR count). The van der Waals surface area contributed by atoms with Gasteiger partial charge in [0.1, 0.15) is 0 Å². The van der Waals surface area contributed by atoms with Crippen molar-refractivity contribution in [2.45, 2.75) is 13.3 Å². The highest BCUT2D eigenvalue weighted by atomic mass is 79.9. The third-order valence-electron chi connectivity index (χ3n) is 2.04. The standard InChI is InChI=1S/C11H13Br2NO/c1-8-3-4-9(13)7-10(8)11(15)14-6-2-5-12/h3-4,7H,2,5-6H2,1H3,(H,14,15). The molecule has 0 saturated carbocycles. The first-order valence-corrected chi connectivity index (χ1v) is 6.67. The van der Waals surface area contributed by atoms with E-state index in [9.17, 15) is 4.79 Å². The number of carbonyl (C=O) groups excluding carboxylic acids is 1. The van der Waals surface area contributed by atoms with Crippen LogP contribution in [0.25, 0.3) is 0 Å². The van der Waals surface area contributed by atoms with Gasteiger partial charge in [-0.2, -0.15) is 0 Å². The van der Waals surface area contributed by atoms with Gasteiger partial charge in [0.25, 0.3) is 5.91 Å². The molecular weight excluding hydrogens is 322 g/mol. The Morgan fingerprint density at radius 2 is 2.20 bits per heavy atom. The molecule has 1 aromatic rings. The molecule has 0 aliphatic carbocycles. The van der Waals surface area contributed by atoms with Crippen LogP contribution in [-0.4, -0.2) is 17.8 Å². The number of amides is 1. The second kappa shape index (κ2) is 6.28. The number of alkyl halides is 1. The molecule has 0 saturated heterocycles. The lowest BCUT2D eigenvalue weighted by molar-refractivity contribution is 0.0953. The summed E-state index contributed by atoms with van der Waals surface area (Å²) < 4.78 is 0.929. The minimum Gasteiger partial charge on any atom is -0.352 e. The largest absolute Gasteiger partial charge is 0.352 e. The highest BCUT2D eigenvalue weighted by Crippen LogP contribution is 2.15. The molecule has 1 amide bonds. The predicted molar refractivity (Wildman–Crippen MR) is 69.6 cm³/mol. The van der Waals surface area contributed by atoms with Gasteiger partial charge in [0.05, 0.1) is 0 Å². The third kappa shape index (κ3) is 3.95. The molecule has 0 bridgehead atoms. The molecule has 1 N–H and O–H groups in total. The van der Waals surface area contributed by atoms with Crippen molar-refractivity contribution in [2.24, 2.45) is 0 Å². The van der Waals surface area contributed by atoms with Gasteiger partial charge in [0, 0.05) is 21.9 Å². The van der Waals surface area contributed by atoms with E-state index in [1.807, 2.05) is 25.1 Å². The van der Waals surface area contributed by atoms with Crippen molar-refractivity contribution in [3.8, 4) is 0 Å². The summed E-state index contributed by atoms with van der Waals surface area (Å²) in [5, 5.41) is 3.79. The van der Waals surface area contributed by atoms with Crippen LogP contribution >= 0.6 is 31.9 Å². The second-order valence-corrected chi connectivity index (χ2v) is 4.97. The van der Waals surface area contributed by atoms with E-state index < -0.39 is 0 Å². The van der Waals surface area contributed by atoms with Gasteiger partial charge >= 0.3 is 0 Å². The fourth-order valence-electron chi connectivity index (χ4n) is 1.20. The minimum atomic E-state index is -0.00486. The van der Waals surface area contributed by atoms with Gasteiger partial charge in [-0.3, -0.25) is 4.79 Å². The molecule has 0 unspecified atom stereocenters. The Labute approximate surface area is 107 Å². The number of hydrogen-bond acceptors (Lipinski definition) is 1. The lowest BCUT2D eigenvalue weighted by Crippen LogP contribution is -2.25. The van der Waals surface area contributed by atoms with Gasteiger partial charge < -0.3 is 5.32 Å². The molecule has 0 spiro atoms. The molecule has 1 aromatic carbocycles. The topological polar surface area (TPSA) is 29.1 Å². The minimum absolute atomic E-state index is 0.00486. The van der Waals surface area contributed by atoms with Crippen LogP contribution in [0, 0.1) is 6.92 Å². The molecule has 0 aliphatic rings. The molecule has 0 heterocycles. The molecule has 82 valence electrons. The maximum Gasteiger partial charge on any atom is 0.251 e. The third-order valence-corrected chi connectivity index (χ3v) is 3.09. The second-order valence-electron chi connectivity index (χ2n) is 3.26. The molecular formula is C11H13Br2NO. The normalized spacial score (nSPS) is 10.1. The number of halogens is 2. The van der Waals surface area contributed by atoms with E-state index in [0.717, 1.165) is 27.4 Å². The summed E-state index contributed by atoms with van der Waals surface area (Å²) in [6.07, 6.45) is 0.943. The summed E-state index contributed by atoms with van der Waals surface area (Å²) in [7, 11) is 0. The Morgan fingerprint density at radius 1 is 1.47 bits per heavy atom. The van der Waals surface area contributed by atoms with Crippen molar-refractivity contribution >= 4 is 37.8 Å². The van der Waals surface area contributed by atoms with Crippen LogP contribution in [0.4, 0.5) is 0 Å². The molecule has 0 aromatic heterocycles. The van der Waals surface area contributed by atoms with Crippen LogP contribution in [0.3, 0.4) is 0 Å². The van der Waals surface area contributed by atoms with Gasteiger partial charge in [-0.1, -0.05) is 37.9 Å². The van der Waals surface area contributed by atoms with Crippen molar-refractivity contribution in [3.63, 3.8) is 0 Å². The first kappa shape index (κ1) is 12.7. The number of carbonyl (C=O) groups is 1. The lowest BCUT2D eigenvalue weighted by atomic mass is 10.1. The monoisotopic (exact) mass is 333 g/mol. The van der Waals surface area contributed by atoms with Crippen molar-refractivity contribution in [3.05, 3.63) is 33.8 Å². The first-order valence-electron chi connectivity index (χ1n) is 4.75. The fraction of sp³-hybridized carbons (Fsp3) is 0.364. The summed E-state index contributed by atoms with van der Waals surface area (Å²) >= 11 is 6.68. The molecule has 0 fully saturated rings. The van der Waals surface area contributed by atoms with E-state index in [-0.39, 0.29) is 5.91 Å². The highest BCUT2D eigenvalue weighted by Gasteiger charge is 2.08. The zero-order valence-electron chi connectivity index (χ0n) is 8.52. The van der Waals surface area contributed by atoms with E-state index in [1.165, 1.54) is 0 Å². The lowest BCUT2D eigenvalue weighted by Gasteiger charge is -2.07. The van der Waals surface area contributed by atoms with Crippen LogP contribution in [0.2, 0.25) is 0 Å². The van der Waals surface area contributed by atoms with Crippen LogP contribution in [0.5, 0.6) is 0 Å². The van der Waals surface area contributed by atoms with E-state index in [0.29, 0.717) is 6.54 Å². The molecule has 4 heteroatoms. The van der Waals surface area contributed by atoms with Gasteiger partial charge in [-0.25, -0.2) is 0 Å². The summed E-state index contributed by atoms with van der Waals surface area (Å²) in [4.78, 5) is 11.7. The van der Waals surface area contributed by atoms with Gasteiger partial charge in [0.15, 0.2) is 0 Å². The van der Waals surface area contributed by atoms with Gasteiger partial charge in [-0.05, 0) is 31.0 Å². The Hall–Kier alpha value is -0.350. The number of benzene rings is 1. The molecule has 2 nitrogen and oxygen atoms in total. The fourth-order valence-corrected chi connectivity index (χ4v) is 1.84. The van der Waals surface area contributed by atoms with Crippen LogP contribution in [0.1, 0.15) is 22.3 Å². The zero-order chi connectivity index (χ0) is 11.3. The summed E-state index contributed by atoms with van der Waals surface area (Å²) in [6, 6.07) is 5.72. The Bertz CT molecular complexity index is 352. The summed E-state index contributed by atoms with van der Waals surface area (Å²) in [6.45, 7) is 2.64. The van der Waals surface area contributed by atoms with E-state index in [2.05, 4.69) is 37.2 Å². The molecule has 0 atom stereocenters. The van der Waals surface area contributed by atoms with Gasteiger partial charge in [0.2, 0.25) is 0 Å². The Morgan fingerprint density at radius 3 is 2.87 bits per heavy atom. The summed E-state index contributed by atoms with van der Waals surface area (Å²) in [5.41, 5.74) is 1.73. The molecule has 0 radical (unpaired) electrons. The van der Waals surface area contributed by atoms with Crippen LogP contribution in [0.15, 0.2) is 22.7 Å². The van der Waals surface area contributed by atoms with Gasteiger partial charge in [-0.15, -0.1) is 0 Å².